The van der Waals surface area contributed by atoms with Crippen molar-refractivity contribution in [1.29, 1.82) is 0 Å². The summed E-state index contributed by atoms with van der Waals surface area (Å²) in [4.78, 5) is 14.6. The molecular weight excluding hydrogens is 280 g/mol. The maximum absolute atomic E-state index is 12.8. The summed E-state index contributed by atoms with van der Waals surface area (Å²) >= 11 is 0. The van der Waals surface area contributed by atoms with Crippen molar-refractivity contribution >= 4 is 5.91 Å². The van der Waals surface area contributed by atoms with Gasteiger partial charge in [-0.2, -0.15) is 0 Å². The van der Waals surface area contributed by atoms with Crippen LogP contribution < -0.4 is 14.8 Å². The first kappa shape index (κ1) is 15.2. The third kappa shape index (κ3) is 2.77. The minimum Gasteiger partial charge on any atom is -0.486 e. The molecule has 22 heavy (non-hydrogen) atoms. The second-order valence-corrected chi connectivity index (χ2v) is 6.15. The topological polar surface area (TPSA) is 50.8 Å². The Hall–Kier alpha value is -1.75. The van der Waals surface area contributed by atoms with Gasteiger partial charge in [0.1, 0.15) is 6.61 Å². The summed E-state index contributed by atoms with van der Waals surface area (Å²) in [6.45, 7) is 4.00. The molecule has 2 unspecified atom stereocenters. The van der Waals surface area contributed by atoms with Gasteiger partial charge in [0.15, 0.2) is 17.6 Å². The Morgan fingerprint density at radius 2 is 2.18 bits per heavy atom. The number of carbonyl (C=O) groups excluding carboxylic acids is 1. The number of amides is 1. The van der Waals surface area contributed by atoms with E-state index in [-0.39, 0.29) is 17.6 Å². The molecule has 0 aliphatic carbocycles. The minimum absolute atomic E-state index is 0.126. The molecule has 1 fully saturated rings. The predicted molar refractivity (Wildman–Crippen MR) is 84.2 cm³/mol. The molecule has 120 valence electrons. The molecule has 2 heterocycles. The van der Waals surface area contributed by atoms with Gasteiger partial charge in [0, 0.05) is 7.05 Å². The van der Waals surface area contributed by atoms with E-state index in [9.17, 15) is 4.79 Å². The number of benzene rings is 1. The first-order valence-electron chi connectivity index (χ1n) is 8.04. The van der Waals surface area contributed by atoms with Crippen LogP contribution in [0.3, 0.4) is 0 Å². The highest BCUT2D eigenvalue weighted by Gasteiger charge is 2.41. The van der Waals surface area contributed by atoms with Crippen LogP contribution in [-0.4, -0.2) is 49.2 Å². The van der Waals surface area contributed by atoms with Crippen LogP contribution in [0.4, 0.5) is 0 Å². The molecule has 5 nitrogen and oxygen atoms in total. The number of nitrogens with one attached hydrogen (secondary N) is 1. The zero-order valence-electron chi connectivity index (χ0n) is 13.3. The number of hydrogen-bond donors (Lipinski definition) is 1. The average molecular weight is 304 g/mol. The largest absolute Gasteiger partial charge is 0.486 e. The maximum Gasteiger partial charge on any atom is 0.242 e. The second kappa shape index (κ2) is 6.16. The van der Waals surface area contributed by atoms with Gasteiger partial charge in [-0.25, -0.2) is 0 Å². The molecular formula is C17H24N2O3. The van der Waals surface area contributed by atoms with Gasteiger partial charge in [-0.1, -0.05) is 19.1 Å². The third-order valence-corrected chi connectivity index (χ3v) is 4.65. The van der Waals surface area contributed by atoms with E-state index in [0.717, 1.165) is 37.3 Å². The van der Waals surface area contributed by atoms with Gasteiger partial charge < -0.3 is 19.7 Å². The fraction of sp³-hybridized carbons (Fsp3) is 0.588. The number of fused-ring (bicyclic) bond motifs is 1. The Morgan fingerprint density at radius 3 is 2.86 bits per heavy atom. The summed E-state index contributed by atoms with van der Waals surface area (Å²) in [7, 11) is 1.85. The van der Waals surface area contributed by atoms with Gasteiger partial charge in [0.05, 0.1) is 12.1 Å². The van der Waals surface area contributed by atoms with Crippen LogP contribution >= 0.6 is 0 Å². The highest BCUT2D eigenvalue weighted by atomic mass is 16.6. The highest BCUT2D eigenvalue weighted by Crippen LogP contribution is 2.31. The van der Waals surface area contributed by atoms with E-state index in [1.165, 1.54) is 0 Å². The minimum atomic E-state index is -0.387. The van der Waals surface area contributed by atoms with Crippen molar-refractivity contribution in [1.82, 2.24) is 10.2 Å². The summed E-state index contributed by atoms with van der Waals surface area (Å²) < 4.78 is 11.7. The summed E-state index contributed by atoms with van der Waals surface area (Å²) in [5.41, 5.74) is -0.387. The number of hydrogen-bond acceptors (Lipinski definition) is 4. The number of carbonyl (C=O) groups is 1. The summed E-state index contributed by atoms with van der Waals surface area (Å²) in [6, 6.07) is 7.65. The first-order chi connectivity index (χ1) is 10.6. The number of ether oxygens (including phenoxy) is 2. The quantitative estimate of drug-likeness (QED) is 0.922. The smallest absolute Gasteiger partial charge is 0.242 e. The molecule has 2 atom stereocenters. The van der Waals surface area contributed by atoms with Crippen molar-refractivity contribution in [3.63, 3.8) is 0 Å². The zero-order valence-corrected chi connectivity index (χ0v) is 13.3. The van der Waals surface area contributed by atoms with Gasteiger partial charge in [0.25, 0.3) is 0 Å². The number of nitrogens with zero attached hydrogens (tertiary/aromatic N) is 1. The van der Waals surface area contributed by atoms with Crippen molar-refractivity contribution in [2.45, 2.75) is 37.8 Å². The van der Waals surface area contributed by atoms with Crippen LogP contribution in [0, 0.1) is 0 Å². The number of rotatable bonds is 4. The lowest BCUT2D eigenvalue weighted by Gasteiger charge is -2.35. The van der Waals surface area contributed by atoms with Gasteiger partial charge in [-0.3, -0.25) is 4.79 Å². The molecule has 0 saturated carbocycles. The zero-order chi connectivity index (χ0) is 15.6. The predicted octanol–water partition coefficient (Wildman–Crippen LogP) is 1.82. The molecule has 0 aromatic heterocycles. The van der Waals surface area contributed by atoms with Crippen molar-refractivity contribution in [3.8, 4) is 11.5 Å². The SMILES string of the molecule is CCC1(C(=O)N(C)CC2COc3ccccc3O2)CCCN1. The van der Waals surface area contributed by atoms with Crippen LogP contribution in [0.2, 0.25) is 0 Å². The maximum atomic E-state index is 12.8. The van der Waals surface area contributed by atoms with Gasteiger partial charge in [-0.15, -0.1) is 0 Å². The first-order valence-corrected chi connectivity index (χ1v) is 8.04. The van der Waals surface area contributed by atoms with E-state index in [1.807, 2.05) is 31.3 Å². The Morgan fingerprint density at radius 1 is 1.41 bits per heavy atom. The van der Waals surface area contributed by atoms with E-state index in [2.05, 4.69) is 12.2 Å². The second-order valence-electron chi connectivity index (χ2n) is 6.15. The van der Waals surface area contributed by atoms with Crippen molar-refractivity contribution in [3.05, 3.63) is 24.3 Å². The fourth-order valence-electron chi connectivity index (χ4n) is 3.35. The van der Waals surface area contributed by atoms with Crippen LogP contribution in [0.15, 0.2) is 24.3 Å². The number of para-hydroxylation sites is 2. The van der Waals surface area contributed by atoms with Crippen LogP contribution in [-0.2, 0) is 4.79 Å². The van der Waals surface area contributed by atoms with Crippen LogP contribution in [0.1, 0.15) is 26.2 Å². The van der Waals surface area contributed by atoms with Crippen LogP contribution in [0.25, 0.3) is 0 Å². The number of likely N-dealkylation sites (N-methyl/N-ethyl adjacent to an activating group) is 1. The molecule has 5 heteroatoms. The molecule has 1 saturated heterocycles. The lowest BCUT2D eigenvalue weighted by molar-refractivity contribution is -0.138. The normalized spacial score (nSPS) is 26.7. The molecule has 3 rings (SSSR count). The lowest BCUT2D eigenvalue weighted by atomic mass is 9.92. The lowest BCUT2D eigenvalue weighted by Crippen LogP contribution is -2.55. The molecule has 1 amide bonds. The van der Waals surface area contributed by atoms with Crippen LogP contribution in [0.5, 0.6) is 11.5 Å². The molecule has 0 radical (unpaired) electrons. The highest BCUT2D eigenvalue weighted by molar-refractivity contribution is 5.86. The van der Waals surface area contributed by atoms with E-state index in [1.54, 1.807) is 4.90 Å². The van der Waals surface area contributed by atoms with Gasteiger partial charge in [-0.05, 0) is 37.9 Å². The van der Waals surface area contributed by atoms with E-state index in [0.29, 0.717) is 13.2 Å². The Balaban J connectivity index is 1.63. The summed E-state index contributed by atoms with van der Waals surface area (Å²) in [5.74, 6) is 1.69. The van der Waals surface area contributed by atoms with Gasteiger partial charge >= 0.3 is 0 Å². The van der Waals surface area contributed by atoms with E-state index >= 15 is 0 Å². The monoisotopic (exact) mass is 304 g/mol. The Kier molecular flexibility index (Phi) is 4.25. The standard InChI is InChI=1S/C17H24N2O3/c1-3-17(9-6-10-18-17)16(20)19(2)11-13-12-21-14-7-4-5-8-15(14)22-13/h4-5,7-8,13,18H,3,6,9-12H2,1-2H3. The van der Waals surface area contributed by atoms with Crippen molar-refractivity contribution < 1.29 is 14.3 Å². The molecule has 1 aromatic carbocycles. The molecule has 1 aromatic rings. The van der Waals surface area contributed by atoms with Crippen molar-refractivity contribution in [2.24, 2.45) is 0 Å². The fourth-order valence-corrected chi connectivity index (χ4v) is 3.35. The average Bonchev–Trinajstić information content (AvgIpc) is 3.04. The van der Waals surface area contributed by atoms with E-state index in [4.69, 9.17) is 9.47 Å². The van der Waals surface area contributed by atoms with Gasteiger partial charge in [0.2, 0.25) is 5.91 Å². The molecule has 1 N–H and O–H groups in total. The molecule has 0 spiro atoms. The van der Waals surface area contributed by atoms with E-state index < -0.39 is 0 Å². The molecule has 0 bridgehead atoms. The molecule has 2 aliphatic heterocycles. The summed E-state index contributed by atoms with van der Waals surface area (Å²) in [5, 5.41) is 3.39. The van der Waals surface area contributed by atoms with Crippen molar-refractivity contribution in [2.75, 3.05) is 26.7 Å². The summed E-state index contributed by atoms with van der Waals surface area (Å²) in [6.07, 6.45) is 2.67. The third-order valence-electron chi connectivity index (χ3n) is 4.65. The Bertz CT molecular complexity index is 540. The Labute approximate surface area is 131 Å². The molecule has 2 aliphatic rings.